The molecule has 3 aromatic rings. The lowest BCUT2D eigenvalue weighted by Gasteiger charge is -2.14. The SMILES string of the molecule is O=C1C[C@@H](c2ccccc2)n2c1cc1cc(F)ccc12. The van der Waals surface area contributed by atoms with Gasteiger partial charge in [-0.2, -0.15) is 0 Å². The van der Waals surface area contributed by atoms with E-state index in [1.807, 2.05) is 34.9 Å². The van der Waals surface area contributed by atoms with Crippen LogP contribution in [0.15, 0.2) is 54.6 Å². The summed E-state index contributed by atoms with van der Waals surface area (Å²) in [6.45, 7) is 0. The number of fused-ring (bicyclic) bond motifs is 3. The molecule has 1 aromatic heterocycles. The Bertz CT molecular complexity index is 820. The minimum Gasteiger partial charge on any atom is -0.330 e. The highest BCUT2D eigenvalue weighted by Crippen LogP contribution is 2.37. The molecule has 0 saturated carbocycles. The molecule has 4 rings (SSSR count). The van der Waals surface area contributed by atoms with Crippen molar-refractivity contribution in [3.8, 4) is 0 Å². The van der Waals surface area contributed by atoms with Gasteiger partial charge in [-0.15, -0.1) is 0 Å². The van der Waals surface area contributed by atoms with Crippen LogP contribution >= 0.6 is 0 Å². The maximum absolute atomic E-state index is 13.3. The number of carbonyl (C=O) groups excluding carboxylic acids is 1. The monoisotopic (exact) mass is 265 g/mol. The van der Waals surface area contributed by atoms with E-state index in [1.165, 1.54) is 12.1 Å². The van der Waals surface area contributed by atoms with Crippen LogP contribution in [0.4, 0.5) is 4.39 Å². The Balaban J connectivity index is 1.97. The molecule has 2 aromatic carbocycles. The minimum absolute atomic E-state index is 0.0154. The second kappa shape index (κ2) is 4.04. The van der Waals surface area contributed by atoms with Gasteiger partial charge in [0.1, 0.15) is 5.82 Å². The highest BCUT2D eigenvalue weighted by molar-refractivity contribution is 6.03. The first-order valence-electron chi connectivity index (χ1n) is 6.63. The van der Waals surface area contributed by atoms with E-state index in [9.17, 15) is 9.18 Å². The van der Waals surface area contributed by atoms with Gasteiger partial charge in [0.05, 0.1) is 11.7 Å². The van der Waals surface area contributed by atoms with E-state index in [4.69, 9.17) is 0 Å². The fourth-order valence-corrected chi connectivity index (χ4v) is 3.07. The number of halogens is 1. The minimum atomic E-state index is -0.273. The van der Waals surface area contributed by atoms with Crippen LogP contribution in [0.2, 0.25) is 0 Å². The second-order valence-electron chi connectivity index (χ2n) is 5.16. The van der Waals surface area contributed by atoms with E-state index in [2.05, 4.69) is 0 Å². The Hall–Kier alpha value is -2.42. The molecule has 0 N–H and O–H groups in total. The van der Waals surface area contributed by atoms with Gasteiger partial charge in [0.2, 0.25) is 0 Å². The number of aromatic nitrogens is 1. The van der Waals surface area contributed by atoms with Crippen LogP contribution in [0.3, 0.4) is 0 Å². The summed E-state index contributed by atoms with van der Waals surface area (Å²) in [5.74, 6) is -0.152. The molecule has 0 saturated heterocycles. The first kappa shape index (κ1) is 11.4. The highest BCUT2D eigenvalue weighted by Gasteiger charge is 2.31. The standard InChI is InChI=1S/C17H12FNO/c18-13-6-7-14-12(8-13)9-16-17(20)10-15(19(14)16)11-4-2-1-3-5-11/h1-9,15H,10H2/t15-/m0/s1. The van der Waals surface area contributed by atoms with Gasteiger partial charge >= 0.3 is 0 Å². The molecule has 0 aliphatic carbocycles. The third-order valence-corrected chi connectivity index (χ3v) is 3.96. The maximum atomic E-state index is 13.3. The molecule has 0 unspecified atom stereocenters. The van der Waals surface area contributed by atoms with Crippen LogP contribution in [-0.4, -0.2) is 10.4 Å². The van der Waals surface area contributed by atoms with Crippen LogP contribution in [0.1, 0.15) is 28.5 Å². The van der Waals surface area contributed by atoms with Gasteiger partial charge in [-0.25, -0.2) is 4.39 Å². The quantitative estimate of drug-likeness (QED) is 0.653. The number of hydrogen-bond donors (Lipinski definition) is 0. The van der Waals surface area contributed by atoms with Gasteiger partial charge in [-0.05, 0) is 29.8 Å². The summed E-state index contributed by atoms with van der Waals surface area (Å²) < 4.78 is 15.4. The Morgan fingerprint density at radius 3 is 2.65 bits per heavy atom. The predicted octanol–water partition coefficient (Wildman–Crippen LogP) is 3.96. The fourth-order valence-electron chi connectivity index (χ4n) is 3.07. The van der Waals surface area contributed by atoms with E-state index < -0.39 is 0 Å². The van der Waals surface area contributed by atoms with E-state index in [0.29, 0.717) is 12.1 Å². The van der Waals surface area contributed by atoms with Crippen LogP contribution in [0.5, 0.6) is 0 Å². The second-order valence-corrected chi connectivity index (χ2v) is 5.16. The van der Waals surface area contributed by atoms with Crippen molar-refractivity contribution in [3.63, 3.8) is 0 Å². The predicted molar refractivity (Wildman–Crippen MR) is 75.4 cm³/mol. The third kappa shape index (κ3) is 1.53. The molecule has 2 heterocycles. The highest BCUT2D eigenvalue weighted by atomic mass is 19.1. The number of ketones is 1. The Kier molecular flexibility index (Phi) is 2.30. The van der Waals surface area contributed by atoms with E-state index in [-0.39, 0.29) is 17.6 Å². The molecule has 1 aliphatic rings. The van der Waals surface area contributed by atoms with Gasteiger partial charge in [0.15, 0.2) is 5.78 Å². The number of carbonyl (C=O) groups is 1. The average molecular weight is 265 g/mol. The molecule has 0 radical (unpaired) electrons. The molecule has 0 fully saturated rings. The molecule has 0 amide bonds. The Labute approximate surface area is 115 Å². The lowest BCUT2D eigenvalue weighted by atomic mass is 10.0. The largest absolute Gasteiger partial charge is 0.330 e. The zero-order valence-corrected chi connectivity index (χ0v) is 10.7. The molecular formula is C17H12FNO. The van der Waals surface area contributed by atoms with Crippen LogP contribution in [-0.2, 0) is 0 Å². The molecule has 0 spiro atoms. The van der Waals surface area contributed by atoms with Crippen LogP contribution in [0.25, 0.3) is 10.9 Å². The van der Waals surface area contributed by atoms with Gasteiger partial charge in [0, 0.05) is 17.3 Å². The number of hydrogen-bond acceptors (Lipinski definition) is 1. The maximum Gasteiger partial charge on any atom is 0.181 e. The van der Waals surface area contributed by atoms with Crippen molar-refractivity contribution in [2.45, 2.75) is 12.5 Å². The van der Waals surface area contributed by atoms with E-state index >= 15 is 0 Å². The molecule has 0 bridgehead atoms. The first-order valence-corrected chi connectivity index (χ1v) is 6.63. The number of nitrogens with zero attached hydrogens (tertiary/aromatic N) is 1. The van der Waals surface area contributed by atoms with E-state index in [0.717, 1.165) is 16.5 Å². The fraction of sp³-hybridized carbons (Fsp3) is 0.118. The number of rotatable bonds is 1. The smallest absolute Gasteiger partial charge is 0.181 e. The van der Waals surface area contributed by atoms with Gasteiger partial charge in [-0.3, -0.25) is 4.79 Å². The summed E-state index contributed by atoms with van der Waals surface area (Å²) in [4.78, 5) is 12.2. The van der Waals surface area contributed by atoms with Crippen molar-refractivity contribution in [3.05, 3.63) is 71.7 Å². The van der Waals surface area contributed by atoms with Gasteiger partial charge in [0.25, 0.3) is 0 Å². The summed E-state index contributed by atoms with van der Waals surface area (Å²) in [5, 5.41) is 0.786. The third-order valence-electron chi connectivity index (χ3n) is 3.96. The summed E-state index contributed by atoms with van der Waals surface area (Å²) in [6.07, 6.45) is 0.479. The topological polar surface area (TPSA) is 22.0 Å². The molecular weight excluding hydrogens is 253 g/mol. The molecule has 98 valence electrons. The van der Waals surface area contributed by atoms with Crippen molar-refractivity contribution >= 4 is 16.7 Å². The summed E-state index contributed by atoms with van der Waals surface area (Å²) in [6, 6.07) is 16.5. The van der Waals surface area contributed by atoms with E-state index in [1.54, 1.807) is 12.1 Å². The van der Waals surface area contributed by atoms with Crippen LogP contribution < -0.4 is 0 Å². The lowest BCUT2D eigenvalue weighted by Crippen LogP contribution is -2.05. The molecule has 2 nitrogen and oxygen atoms in total. The van der Waals surface area contributed by atoms with Gasteiger partial charge < -0.3 is 4.57 Å². The van der Waals surface area contributed by atoms with Crippen LogP contribution in [0, 0.1) is 5.82 Å². The van der Waals surface area contributed by atoms with Crippen molar-refractivity contribution < 1.29 is 9.18 Å². The molecule has 20 heavy (non-hydrogen) atoms. The van der Waals surface area contributed by atoms with Crippen molar-refractivity contribution in [1.29, 1.82) is 0 Å². The molecule has 1 atom stereocenters. The summed E-state index contributed by atoms with van der Waals surface area (Å²) in [5.41, 5.74) is 2.71. The van der Waals surface area contributed by atoms with Crippen molar-refractivity contribution in [1.82, 2.24) is 4.57 Å². The average Bonchev–Trinajstić information content (AvgIpc) is 2.97. The Morgan fingerprint density at radius 2 is 1.85 bits per heavy atom. The Morgan fingerprint density at radius 1 is 1.05 bits per heavy atom. The number of Topliss-reactive ketones (excluding diaryl/α,β-unsaturated/α-hetero) is 1. The zero-order valence-electron chi connectivity index (χ0n) is 10.7. The van der Waals surface area contributed by atoms with Crippen molar-refractivity contribution in [2.24, 2.45) is 0 Å². The summed E-state index contributed by atoms with van der Waals surface area (Å²) in [7, 11) is 0. The lowest BCUT2D eigenvalue weighted by molar-refractivity contribution is 0.0991. The zero-order chi connectivity index (χ0) is 13.7. The van der Waals surface area contributed by atoms with Crippen molar-refractivity contribution in [2.75, 3.05) is 0 Å². The normalized spacial score (nSPS) is 17.6. The van der Waals surface area contributed by atoms with Gasteiger partial charge in [-0.1, -0.05) is 30.3 Å². The molecule has 3 heteroatoms. The summed E-state index contributed by atoms with van der Waals surface area (Å²) >= 11 is 0. The molecule has 1 aliphatic heterocycles. The number of benzene rings is 2. The first-order chi connectivity index (χ1) is 9.74.